The molecule has 23 heteroatoms. The second-order valence-electron chi connectivity index (χ2n) is 26.6. The van der Waals surface area contributed by atoms with Gasteiger partial charge in [0.25, 0.3) is 0 Å². The molecule has 13 atom stereocenters. The molecular weight excluding hydrogens is 1130 g/mol. The Hall–Kier alpha value is -5.94. The first-order valence-corrected chi connectivity index (χ1v) is 31.7. The van der Waals surface area contributed by atoms with Crippen molar-refractivity contribution >= 4 is 59.1 Å². The second kappa shape index (κ2) is 38.6. The second-order valence-corrected chi connectivity index (χ2v) is 26.6. The zero-order chi connectivity index (χ0) is 68.7. The molecule has 0 aliphatic heterocycles. The molecule has 0 bridgehead atoms. The summed E-state index contributed by atoms with van der Waals surface area (Å²) in [5.74, 6) is -8.03. The molecule has 0 aromatic rings. The normalized spacial score (nSPS) is 16.2. The number of carbonyl (C=O) groups is 10. The topological polar surface area (TPSA) is 296 Å². The number of aliphatic hydroxyl groups is 2. The van der Waals surface area contributed by atoms with Gasteiger partial charge in [0.1, 0.15) is 54.6 Å². The summed E-state index contributed by atoms with van der Waals surface area (Å²) in [6.45, 7) is 34.1. The van der Waals surface area contributed by atoms with Crippen LogP contribution in [0.3, 0.4) is 0 Å². The Bertz CT molecular complexity index is 2340. The van der Waals surface area contributed by atoms with Gasteiger partial charge in [-0.3, -0.25) is 47.9 Å². The van der Waals surface area contributed by atoms with Crippen molar-refractivity contribution < 1.29 is 58.2 Å². The predicted octanol–water partition coefficient (Wildman–Crippen LogP) is 4.38. The number of rotatable bonds is 38. The highest BCUT2D eigenvalue weighted by Crippen LogP contribution is 2.26. The lowest BCUT2D eigenvalue weighted by Crippen LogP contribution is -2.63. The van der Waals surface area contributed by atoms with Crippen LogP contribution in [-0.4, -0.2) is 226 Å². The largest absolute Gasteiger partial charge is 0.390 e. The summed E-state index contributed by atoms with van der Waals surface area (Å²) in [5, 5.41) is 30.6. The van der Waals surface area contributed by atoms with E-state index in [4.69, 9.17) is 5.73 Å². The minimum atomic E-state index is -1.59. The maximum Gasteiger partial charge on any atom is 0.246 e. The third kappa shape index (κ3) is 24.5. The molecule has 2 unspecified atom stereocenters. The summed E-state index contributed by atoms with van der Waals surface area (Å²) in [6.07, 6.45) is 3.08. The van der Waals surface area contributed by atoms with Crippen molar-refractivity contribution in [2.45, 2.75) is 236 Å². The van der Waals surface area contributed by atoms with E-state index in [0.717, 1.165) is 9.80 Å². The van der Waals surface area contributed by atoms with Crippen LogP contribution >= 0.6 is 0 Å². The van der Waals surface area contributed by atoms with Gasteiger partial charge in [-0.15, -0.1) is 0 Å². The van der Waals surface area contributed by atoms with Crippen molar-refractivity contribution in [2.24, 2.45) is 47.2 Å². The molecule has 0 heterocycles. The number of carbonyl (C=O) groups excluding carboxylic acids is 10. The standard InChI is InChI=1S/C65H119N11O12/c1-26-29-31-43(16)55(78)54(59(82)68-46(28-3)62(85)70(19)36-52(77)71(20)48(30-27-2)56(66)79)76(25)65(88)53(42(14)15)75(24)64(87)51(35-40(10)11)74(23)63(86)50(34-39(8)9)73(22)61(84)45(18)67-57(80)47(32-37(4)5)69-58(81)49(33-38(6)7)72(21)60(83)44(17)41(12)13/h26,29,37-40,42-51,53-56,78-79H,12,27-28,30-36,66H2,1-11,13-25H3,(H,67,80)(H,68,82)(H,69,81)/b29-26+/t43-,44-,45+,46-,47-,48-,49+,50-,51-,53+,54?,55+,56?/m1/s1. The summed E-state index contributed by atoms with van der Waals surface area (Å²) in [4.78, 5) is 152. The minimum Gasteiger partial charge on any atom is -0.390 e. The van der Waals surface area contributed by atoms with E-state index in [2.05, 4.69) is 22.5 Å². The van der Waals surface area contributed by atoms with Crippen LogP contribution in [0.5, 0.6) is 0 Å². The first kappa shape index (κ1) is 82.1. The molecule has 506 valence electrons. The number of likely N-dealkylation sites (N-methyl/N-ethyl adjacent to an activating group) is 7. The van der Waals surface area contributed by atoms with E-state index in [0.29, 0.717) is 31.3 Å². The molecule has 0 aromatic carbocycles. The van der Waals surface area contributed by atoms with Crippen LogP contribution in [0.2, 0.25) is 0 Å². The van der Waals surface area contributed by atoms with Gasteiger partial charge < -0.3 is 66.2 Å². The summed E-state index contributed by atoms with van der Waals surface area (Å²) >= 11 is 0. The fourth-order valence-corrected chi connectivity index (χ4v) is 10.8. The molecule has 7 N–H and O–H groups in total. The number of allylic oxidation sites excluding steroid dienone is 2. The molecule has 0 spiro atoms. The lowest BCUT2D eigenvalue weighted by atomic mass is 9.91. The maximum absolute atomic E-state index is 15.2. The third-order valence-corrected chi connectivity index (χ3v) is 16.6. The third-order valence-electron chi connectivity index (χ3n) is 16.6. The van der Waals surface area contributed by atoms with Crippen molar-refractivity contribution in [3.63, 3.8) is 0 Å². The van der Waals surface area contributed by atoms with Gasteiger partial charge in [-0.05, 0) is 108 Å². The molecule has 0 aliphatic rings. The highest BCUT2D eigenvalue weighted by atomic mass is 16.3. The Morgan fingerprint density at radius 1 is 0.523 bits per heavy atom. The minimum absolute atomic E-state index is 0.0161. The zero-order valence-corrected chi connectivity index (χ0v) is 58.3. The first-order chi connectivity index (χ1) is 40.6. The fourth-order valence-electron chi connectivity index (χ4n) is 10.8. The molecule has 0 aliphatic carbocycles. The molecule has 88 heavy (non-hydrogen) atoms. The lowest BCUT2D eigenvalue weighted by Gasteiger charge is -2.41. The fraction of sp³-hybridized carbons (Fsp3) is 0.785. The van der Waals surface area contributed by atoms with Gasteiger partial charge in [0.05, 0.1) is 24.6 Å². The van der Waals surface area contributed by atoms with Crippen LogP contribution in [0, 0.1) is 41.4 Å². The van der Waals surface area contributed by atoms with Gasteiger partial charge in [0.2, 0.25) is 59.1 Å². The molecule has 0 saturated heterocycles. The van der Waals surface area contributed by atoms with Gasteiger partial charge in [0, 0.05) is 49.3 Å². The van der Waals surface area contributed by atoms with Crippen LogP contribution < -0.4 is 21.7 Å². The first-order valence-electron chi connectivity index (χ1n) is 31.7. The molecule has 10 amide bonds. The molecule has 0 saturated carbocycles. The van der Waals surface area contributed by atoms with E-state index in [1.54, 1.807) is 61.6 Å². The number of hydrogen-bond donors (Lipinski definition) is 6. The maximum atomic E-state index is 15.2. The summed E-state index contributed by atoms with van der Waals surface area (Å²) < 4.78 is 0. The average Bonchev–Trinajstić information content (AvgIpc) is 3.56. The predicted molar refractivity (Wildman–Crippen MR) is 345 cm³/mol. The molecule has 0 radical (unpaired) electrons. The summed E-state index contributed by atoms with van der Waals surface area (Å²) in [7, 11) is 10.2. The Balaban J connectivity index is 7.21. The van der Waals surface area contributed by atoms with E-state index in [1.165, 1.54) is 73.7 Å². The highest BCUT2D eigenvalue weighted by Gasteiger charge is 2.45. The van der Waals surface area contributed by atoms with Gasteiger partial charge in [0.15, 0.2) is 0 Å². The van der Waals surface area contributed by atoms with Gasteiger partial charge >= 0.3 is 0 Å². The number of amides is 10. The summed E-state index contributed by atoms with van der Waals surface area (Å²) in [6, 6.07) is -10.2. The summed E-state index contributed by atoms with van der Waals surface area (Å²) in [5.41, 5.74) is 6.41. The molecular formula is C65H119N11O12. The van der Waals surface area contributed by atoms with Crippen molar-refractivity contribution in [1.29, 1.82) is 0 Å². The van der Waals surface area contributed by atoms with Crippen LogP contribution in [0.25, 0.3) is 0 Å². The van der Waals surface area contributed by atoms with E-state index in [-0.39, 0.29) is 55.3 Å². The quantitative estimate of drug-likeness (QED) is 0.0370. The van der Waals surface area contributed by atoms with E-state index in [1.807, 2.05) is 68.4 Å². The molecule has 0 rings (SSSR count). The van der Waals surface area contributed by atoms with E-state index >= 15 is 14.4 Å². The zero-order valence-electron chi connectivity index (χ0n) is 58.3. The van der Waals surface area contributed by atoms with E-state index < -0.39 is 144 Å². The Morgan fingerprint density at radius 3 is 1.40 bits per heavy atom. The van der Waals surface area contributed by atoms with Gasteiger partial charge in [-0.1, -0.05) is 121 Å². The van der Waals surface area contributed by atoms with Gasteiger partial charge in [-0.2, -0.15) is 0 Å². The van der Waals surface area contributed by atoms with E-state index in [9.17, 15) is 43.8 Å². The van der Waals surface area contributed by atoms with Gasteiger partial charge in [-0.25, -0.2) is 0 Å². The average molecular weight is 1250 g/mol. The monoisotopic (exact) mass is 1250 g/mol. The Morgan fingerprint density at radius 2 is 0.966 bits per heavy atom. The van der Waals surface area contributed by atoms with Crippen LogP contribution in [0.15, 0.2) is 24.3 Å². The number of nitrogens with two attached hydrogens (primary N) is 1. The van der Waals surface area contributed by atoms with Crippen molar-refractivity contribution in [3.05, 3.63) is 24.3 Å². The molecule has 0 aromatic heterocycles. The number of nitrogens with one attached hydrogen (secondary N) is 3. The van der Waals surface area contributed by atoms with Crippen molar-refractivity contribution in [2.75, 3.05) is 55.9 Å². The Kier molecular flexibility index (Phi) is 36.0. The smallest absolute Gasteiger partial charge is 0.246 e. The number of aliphatic hydroxyl groups excluding tert-OH is 2. The SMILES string of the molecule is C=C(C)[C@@H](C)C(=O)N(C)[C@@H](CC(C)C)C(=O)N[C@H](CC(C)C)C(=O)N[C@@H](C)C(=O)N(C)[C@H](CC(C)C)C(=O)N(C)[C@H](CC(C)C)C(=O)N(C)[C@H](C(=O)N(C)C(C(=O)N[C@H](CC)C(=O)N(C)CC(=O)N(C)[C@H](CCC)C(N)O)[C@@H](O)[C@H](C)C/C=C/C)C(C)C. The Labute approximate surface area is 528 Å². The van der Waals surface area contributed by atoms with Crippen molar-refractivity contribution in [1.82, 2.24) is 50.2 Å². The molecule has 0 fully saturated rings. The number of hydrogen-bond acceptors (Lipinski definition) is 13. The molecule has 23 nitrogen and oxygen atoms in total. The lowest BCUT2D eigenvalue weighted by molar-refractivity contribution is -0.157. The number of nitrogens with zero attached hydrogens (tertiary/aromatic N) is 7. The highest BCUT2D eigenvalue weighted by molar-refractivity contribution is 5.98. The van der Waals surface area contributed by atoms with Crippen LogP contribution in [0.4, 0.5) is 0 Å². The van der Waals surface area contributed by atoms with Crippen molar-refractivity contribution in [3.8, 4) is 0 Å². The van der Waals surface area contributed by atoms with Crippen LogP contribution in [0.1, 0.15) is 169 Å². The van der Waals surface area contributed by atoms with Crippen LogP contribution in [-0.2, 0) is 47.9 Å².